The van der Waals surface area contributed by atoms with Gasteiger partial charge in [0.1, 0.15) is 11.5 Å². The zero-order chi connectivity index (χ0) is 20.2. The Morgan fingerprint density at radius 3 is 2.41 bits per heavy atom. The van der Waals surface area contributed by atoms with E-state index in [1.54, 1.807) is 6.07 Å². The maximum atomic E-state index is 14.0. The number of rotatable bonds is 5. The van der Waals surface area contributed by atoms with Gasteiger partial charge in [-0.15, -0.1) is 11.3 Å². The number of hydrogen-bond donors (Lipinski definition) is 0. The Morgan fingerprint density at radius 1 is 1.03 bits per heavy atom. The van der Waals surface area contributed by atoms with Gasteiger partial charge < -0.3 is 14.7 Å². The molecule has 2 saturated heterocycles. The summed E-state index contributed by atoms with van der Waals surface area (Å²) in [6.07, 6.45) is 1.15. The van der Waals surface area contributed by atoms with E-state index in [0.29, 0.717) is 11.4 Å². The number of aromatic nitrogens is 1. The molecule has 2 fully saturated rings. The van der Waals surface area contributed by atoms with Crippen molar-refractivity contribution in [1.29, 1.82) is 0 Å². The van der Waals surface area contributed by atoms with Crippen LogP contribution >= 0.6 is 11.3 Å². The molecule has 4 rings (SSSR count). The van der Waals surface area contributed by atoms with Crippen molar-refractivity contribution >= 4 is 28.1 Å². The topological polar surface area (TPSA) is 42.9 Å². The zero-order valence-electron chi connectivity index (χ0n) is 16.9. The highest BCUT2D eigenvalue weighted by atomic mass is 32.1. The summed E-state index contributed by atoms with van der Waals surface area (Å²) in [7, 11) is 0. The number of halogens is 1. The number of hydrogen-bond acceptors (Lipinski definition) is 6. The van der Waals surface area contributed by atoms with Gasteiger partial charge in [0, 0.05) is 57.7 Å². The van der Waals surface area contributed by atoms with Crippen LogP contribution in [0.5, 0.6) is 0 Å². The highest BCUT2D eigenvalue weighted by Gasteiger charge is 2.26. The van der Waals surface area contributed by atoms with Crippen molar-refractivity contribution in [2.24, 2.45) is 0 Å². The number of para-hydroxylation sites is 1. The third-order valence-corrected chi connectivity index (χ3v) is 6.56. The second-order valence-electron chi connectivity index (χ2n) is 7.57. The minimum Gasteiger partial charge on any atom is -0.366 e. The molecule has 2 aliphatic heterocycles. The summed E-state index contributed by atoms with van der Waals surface area (Å²) in [6.45, 7) is 9.72. The molecule has 2 aromatic rings. The van der Waals surface area contributed by atoms with Gasteiger partial charge in [-0.2, -0.15) is 0 Å². The van der Waals surface area contributed by atoms with E-state index in [9.17, 15) is 9.18 Å². The molecule has 2 aliphatic rings. The lowest BCUT2D eigenvalue weighted by molar-refractivity contribution is 0.0632. The molecule has 0 atom stereocenters. The van der Waals surface area contributed by atoms with Crippen molar-refractivity contribution in [2.45, 2.75) is 13.3 Å². The normalized spacial score (nSPS) is 18.3. The van der Waals surface area contributed by atoms with Crippen molar-refractivity contribution in [3.8, 4) is 0 Å². The van der Waals surface area contributed by atoms with Crippen LogP contribution in [0.2, 0.25) is 0 Å². The van der Waals surface area contributed by atoms with Crippen LogP contribution in [0, 0.1) is 5.82 Å². The number of benzene rings is 1. The summed E-state index contributed by atoms with van der Waals surface area (Å²) in [5, 5.41) is 2.76. The third kappa shape index (κ3) is 4.53. The average molecular weight is 418 g/mol. The van der Waals surface area contributed by atoms with Crippen LogP contribution in [0.1, 0.15) is 23.8 Å². The Hall–Kier alpha value is -2.19. The number of thiazole rings is 1. The van der Waals surface area contributed by atoms with E-state index in [-0.39, 0.29) is 11.7 Å². The maximum absolute atomic E-state index is 14.0. The average Bonchev–Trinajstić information content (AvgIpc) is 3.25. The predicted molar refractivity (Wildman–Crippen MR) is 116 cm³/mol. The van der Waals surface area contributed by atoms with E-state index in [4.69, 9.17) is 0 Å². The summed E-state index contributed by atoms with van der Waals surface area (Å²) in [5.41, 5.74) is 1.20. The van der Waals surface area contributed by atoms with Gasteiger partial charge in [0.15, 0.2) is 5.13 Å². The van der Waals surface area contributed by atoms with Crippen LogP contribution in [-0.2, 0) is 0 Å². The maximum Gasteiger partial charge on any atom is 0.273 e. The lowest BCUT2D eigenvalue weighted by atomic mass is 10.2. The van der Waals surface area contributed by atoms with E-state index < -0.39 is 0 Å². The molecular formula is C21H28FN5OS. The quantitative estimate of drug-likeness (QED) is 0.749. The number of piperazine rings is 2. The Labute approximate surface area is 175 Å². The zero-order valence-corrected chi connectivity index (χ0v) is 17.7. The smallest absolute Gasteiger partial charge is 0.273 e. The van der Waals surface area contributed by atoms with E-state index in [2.05, 4.69) is 26.6 Å². The van der Waals surface area contributed by atoms with Crippen LogP contribution in [0.25, 0.3) is 0 Å². The van der Waals surface area contributed by atoms with Gasteiger partial charge in [0.2, 0.25) is 0 Å². The Bertz CT molecular complexity index is 828. The molecule has 3 heterocycles. The Balaban J connectivity index is 1.33. The lowest BCUT2D eigenvalue weighted by Gasteiger charge is -2.36. The summed E-state index contributed by atoms with van der Waals surface area (Å²) in [4.78, 5) is 26.0. The number of anilines is 2. The molecule has 1 amide bonds. The first-order valence-corrected chi connectivity index (χ1v) is 11.2. The van der Waals surface area contributed by atoms with Gasteiger partial charge in [0.25, 0.3) is 5.91 Å². The largest absolute Gasteiger partial charge is 0.366 e. The monoisotopic (exact) mass is 417 g/mol. The SMILES string of the molecule is CCCN1CCN(C(=O)c2csc(N3CCN(c4ccccc4F)CC3)n2)CC1. The van der Waals surface area contributed by atoms with Crippen molar-refractivity contribution in [1.82, 2.24) is 14.8 Å². The highest BCUT2D eigenvalue weighted by Crippen LogP contribution is 2.25. The van der Waals surface area contributed by atoms with Crippen molar-refractivity contribution in [3.05, 3.63) is 41.2 Å². The van der Waals surface area contributed by atoms with E-state index >= 15 is 0 Å². The molecule has 0 aliphatic carbocycles. The number of carbonyl (C=O) groups excluding carboxylic acids is 1. The first-order chi connectivity index (χ1) is 14.2. The molecule has 29 heavy (non-hydrogen) atoms. The van der Waals surface area contributed by atoms with Crippen LogP contribution in [0.15, 0.2) is 29.6 Å². The van der Waals surface area contributed by atoms with Crippen molar-refractivity contribution in [2.75, 3.05) is 68.7 Å². The van der Waals surface area contributed by atoms with Crippen LogP contribution in [-0.4, -0.2) is 79.6 Å². The van der Waals surface area contributed by atoms with Gasteiger partial charge in [-0.05, 0) is 25.1 Å². The number of nitrogens with zero attached hydrogens (tertiary/aromatic N) is 5. The molecule has 0 unspecified atom stereocenters. The molecule has 0 bridgehead atoms. The minimum atomic E-state index is -0.179. The standard InChI is InChI=1S/C21H28FN5OS/c1-2-7-24-8-10-26(11-9-24)20(28)18-16-29-21(23-18)27-14-12-25(13-15-27)19-6-4-3-5-17(19)22/h3-6,16H,2,7-15H2,1H3. The molecule has 0 N–H and O–H groups in total. The Morgan fingerprint density at radius 2 is 1.72 bits per heavy atom. The molecule has 6 nitrogen and oxygen atoms in total. The molecule has 156 valence electrons. The fourth-order valence-corrected chi connectivity index (χ4v) is 4.86. The first-order valence-electron chi connectivity index (χ1n) is 10.4. The molecule has 0 spiro atoms. The van der Waals surface area contributed by atoms with Gasteiger partial charge in [0.05, 0.1) is 5.69 Å². The van der Waals surface area contributed by atoms with E-state index in [1.807, 2.05) is 22.4 Å². The minimum absolute atomic E-state index is 0.0358. The van der Waals surface area contributed by atoms with Gasteiger partial charge in [-0.3, -0.25) is 9.69 Å². The molecular weight excluding hydrogens is 389 g/mol. The van der Waals surface area contributed by atoms with Crippen LogP contribution in [0.3, 0.4) is 0 Å². The van der Waals surface area contributed by atoms with E-state index in [0.717, 1.165) is 70.5 Å². The third-order valence-electron chi connectivity index (χ3n) is 5.65. The van der Waals surface area contributed by atoms with Crippen LogP contribution in [0.4, 0.5) is 15.2 Å². The van der Waals surface area contributed by atoms with E-state index in [1.165, 1.54) is 17.4 Å². The second-order valence-corrected chi connectivity index (χ2v) is 8.41. The molecule has 0 radical (unpaired) electrons. The van der Waals surface area contributed by atoms with Crippen molar-refractivity contribution in [3.63, 3.8) is 0 Å². The number of carbonyl (C=O) groups is 1. The van der Waals surface area contributed by atoms with Gasteiger partial charge in [-0.1, -0.05) is 19.1 Å². The fraction of sp³-hybridized carbons (Fsp3) is 0.524. The van der Waals surface area contributed by atoms with Gasteiger partial charge in [-0.25, -0.2) is 9.37 Å². The summed E-state index contributed by atoms with van der Waals surface area (Å²) >= 11 is 1.52. The molecule has 1 aromatic carbocycles. The first kappa shape index (κ1) is 20.1. The molecule has 0 saturated carbocycles. The molecule has 1 aromatic heterocycles. The number of amides is 1. The van der Waals surface area contributed by atoms with Crippen LogP contribution < -0.4 is 9.80 Å². The summed E-state index contributed by atoms with van der Waals surface area (Å²) in [5.74, 6) is -0.143. The molecule has 8 heteroatoms. The summed E-state index contributed by atoms with van der Waals surface area (Å²) in [6, 6.07) is 6.91. The lowest BCUT2D eigenvalue weighted by Crippen LogP contribution is -2.49. The van der Waals surface area contributed by atoms with Crippen molar-refractivity contribution < 1.29 is 9.18 Å². The summed E-state index contributed by atoms with van der Waals surface area (Å²) < 4.78 is 14.0. The predicted octanol–water partition coefficient (Wildman–Crippen LogP) is 2.78. The fourth-order valence-electron chi connectivity index (χ4n) is 4.01. The Kier molecular flexibility index (Phi) is 6.30. The second kappa shape index (κ2) is 9.09. The van der Waals surface area contributed by atoms with Gasteiger partial charge >= 0.3 is 0 Å². The highest BCUT2D eigenvalue weighted by molar-refractivity contribution is 7.13.